The molecule has 0 spiro atoms. The summed E-state index contributed by atoms with van der Waals surface area (Å²) in [6.07, 6.45) is 2.11. The lowest BCUT2D eigenvalue weighted by atomic mass is 10.1. The fourth-order valence-corrected chi connectivity index (χ4v) is 3.12. The highest BCUT2D eigenvalue weighted by molar-refractivity contribution is 7.10. The van der Waals surface area contributed by atoms with Crippen molar-refractivity contribution in [3.63, 3.8) is 0 Å². The molecule has 0 aliphatic carbocycles. The van der Waals surface area contributed by atoms with Crippen molar-refractivity contribution >= 4 is 17.2 Å². The third kappa shape index (κ3) is 3.17. The van der Waals surface area contributed by atoms with Crippen molar-refractivity contribution in [2.75, 3.05) is 5.32 Å². The van der Waals surface area contributed by atoms with Crippen molar-refractivity contribution in [1.82, 2.24) is 4.98 Å². The van der Waals surface area contributed by atoms with Crippen LogP contribution < -0.4 is 5.32 Å². The molecule has 1 N–H and O–H groups in total. The fraction of sp³-hybridized carbons (Fsp3) is 0.375. The largest absolute Gasteiger partial charge is 0.361 e. The predicted molar refractivity (Wildman–Crippen MR) is 84.0 cm³/mol. The molecule has 1 unspecified atom stereocenters. The number of nitrogens with zero attached hydrogens (tertiary/aromatic N) is 2. The van der Waals surface area contributed by atoms with Crippen LogP contribution in [0.25, 0.3) is 0 Å². The minimum absolute atomic E-state index is 0.223. The number of aryl methyl sites for hydroxylation is 2. The molecule has 0 saturated carbocycles. The monoisotopic (exact) mass is 285 g/mol. The third-order valence-corrected chi connectivity index (χ3v) is 4.22. The number of hydrogen-bond acceptors (Lipinski definition) is 4. The van der Waals surface area contributed by atoms with Gasteiger partial charge in [0.15, 0.2) is 0 Å². The molecule has 2 aromatic heterocycles. The van der Waals surface area contributed by atoms with E-state index in [1.165, 1.54) is 4.88 Å². The van der Waals surface area contributed by atoms with Gasteiger partial charge in [-0.15, -0.1) is 11.3 Å². The van der Waals surface area contributed by atoms with Gasteiger partial charge in [-0.2, -0.15) is 5.26 Å². The normalized spacial score (nSPS) is 11.9. The van der Waals surface area contributed by atoms with Gasteiger partial charge in [-0.1, -0.05) is 19.4 Å². The van der Waals surface area contributed by atoms with Crippen molar-refractivity contribution in [2.45, 2.75) is 39.7 Å². The number of nitriles is 1. The first kappa shape index (κ1) is 14.5. The van der Waals surface area contributed by atoms with Crippen LogP contribution in [0.4, 0.5) is 5.82 Å². The first-order chi connectivity index (χ1) is 9.65. The standard InChI is InChI=1S/C16H19N3S/c1-4-6-14(15-7-5-8-20-15)19-16-13(10-17)11(2)9-12(3)18-16/h5,7-9,14H,4,6H2,1-3H3,(H,18,19). The number of pyridine rings is 1. The number of rotatable bonds is 5. The maximum atomic E-state index is 9.34. The molecular weight excluding hydrogens is 266 g/mol. The van der Waals surface area contributed by atoms with Gasteiger partial charge >= 0.3 is 0 Å². The smallest absolute Gasteiger partial charge is 0.144 e. The van der Waals surface area contributed by atoms with Crippen LogP contribution in [0.5, 0.6) is 0 Å². The fourth-order valence-electron chi connectivity index (χ4n) is 2.31. The van der Waals surface area contributed by atoms with Gasteiger partial charge in [0, 0.05) is 10.6 Å². The predicted octanol–water partition coefficient (Wildman–Crippen LogP) is 4.58. The topological polar surface area (TPSA) is 48.7 Å². The molecule has 0 amide bonds. The minimum Gasteiger partial charge on any atom is -0.361 e. The Morgan fingerprint density at radius 3 is 2.85 bits per heavy atom. The van der Waals surface area contributed by atoms with Crippen LogP contribution in [-0.2, 0) is 0 Å². The summed E-state index contributed by atoms with van der Waals surface area (Å²) >= 11 is 1.74. The van der Waals surface area contributed by atoms with E-state index in [9.17, 15) is 5.26 Å². The van der Waals surface area contributed by atoms with Crippen molar-refractivity contribution < 1.29 is 0 Å². The number of nitrogens with one attached hydrogen (secondary N) is 1. The summed E-state index contributed by atoms with van der Waals surface area (Å²) in [7, 11) is 0. The quantitative estimate of drug-likeness (QED) is 0.874. The highest BCUT2D eigenvalue weighted by atomic mass is 32.1. The SMILES string of the molecule is CCCC(Nc1nc(C)cc(C)c1C#N)c1cccs1. The highest BCUT2D eigenvalue weighted by Gasteiger charge is 2.16. The molecule has 2 rings (SSSR count). The van der Waals surface area contributed by atoms with Crippen LogP contribution in [0.3, 0.4) is 0 Å². The summed E-state index contributed by atoms with van der Waals surface area (Å²) in [6, 6.07) is 8.62. The molecular formula is C16H19N3S. The molecule has 2 heterocycles. The Kier molecular flexibility index (Phi) is 4.75. The van der Waals surface area contributed by atoms with Gasteiger partial charge in [0.2, 0.25) is 0 Å². The molecule has 0 fully saturated rings. The molecule has 0 radical (unpaired) electrons. The molecule has 20 heavy (non-hydrogen) atoms. The van der Waals surface area contributed by atoms with Crippen LogP contribution in [0.15, 0.2) is 23.6 Å². The summed E-state index contributed by atoms with van der Waals surface area (Å²) in [5.74, 6) is 0.705. The average molecular weight is 285 g/mol. The Hall–Kier alpha value is -1.86. The van der Waals surface area contributed by atoms with E-state index in [0.717, 1.165) is 24.1 Å². The first-order valence-corrected chi connectivity index (χ1v) is 7.72. The van der Waals surface area contributed by atoms with Crippen molar-refractivity contribution in [2.24, 2.45) is 0 Å². The van der Waals surface area contributed by atoms with Crippen LogP contribution in [-0.4, -0.2) is 4.98 Å². The lowest BCUT2D eigenvalue weighted by molar-refractivity contribution is 0.684. The summed E-state index contributed by atoms with van der Waals surface area (Å²) in [6.45, 7) is 6.08. The Morgan fingerprint density at radius 1 is 1.45 bits per heavy atom. The molecule has 104 valence electrons. The molecule has 0 aromatic carbocycles. The maximum absolute atomic E-state index is 9.34. The van der Waals surface area contributed by atoms with Crippen LogP contribution in [0.1, 0.15) is 47.5 Å². The average Bonchev–Trinajstić information content (AvgIpc) is 2.91. The second kappa shape index (κ2) is 6.53. The Bertz CT molecular complexity index is 611. The third-order valence-electron chi connectivity index (χ3n) is 3.23. The highest BCUT2D eigenvalue weighted by Crippen LogP contribution is 2.29. The second-order valence-corrected chi connectivity index (χ2v) is 5.90. The minimum atomic E-state index is 0.223. The summed E-state index contributed by atoms with van der Waals surface area (Å²) < 4.78 is 0. The second-order valence-electron chi connectivity index (χ2n) is 4.92. The van der Waals surface area contributed by atoms with Gasteiger partial charge in [0.25, 0.3) is 0 Å². The molecule has 0 saturated heterocycles. The number of thiophene rings is 1. The van der Waals surface area contributed by atoms with Gasteiger partial charge in [0.1, 0.15) is 11.9 Å². The molecule has 0 bridgehead atoms. The Morgan fingerprint density at radius 2 is 2.25 bits per heavy atom. The van der Waals surface area contributed by atoms with Gasteiger partial charge < -0.3 is 5.32 Å². The summed E-state index contributed by atoms with van der Waals surface area (Å²) in [5, 5.41) is 14.9. The van der Waals surface area contributed by atoms with Crippen molar-refractivity contribution in [3.8, 4) is 6.07 Å². The van der Waals surface area contributed by atoms with Crippen LogP contribution in [0, 0.1) is 25.2 Å². The van der Waals surface area contributed by atoms with Gasteiger partial charge in [0.05, 0.1) is 11.6 Å². The zero-order chi connectivity index (χ0) is 14.5. The Labute approximate surface area is 124 Å². The molecule has 0 aliphatic rings. The Balaban J connectivity index is 2.34. The molecule has 3 nitrogen and oxygen atoms in total. The first-order valence-electron chi connectivity index (χ1n) is 6.84. The lowest BCUT2D eigenvalue weighted by Gasteiger charge is -2.19. The molecule has 1 atom stereocenters. The maximum Gasteiger partial charge on any atom is 0.144 e. The molecule has 0 aliphatic heterocycles. The van der Waals surface area contributed by atoms with E-state index in [-0.39, 0.29) is 6.04 Å². The number of hydrogen-bond donors (Lipinski definition) is 1. The molecule has 2 aromatic rings. The summed E-state index contributed by atoms with van der Waals surface area (Å²) in [4.78, 5) is 5.80. The van der Waals surface area contributed by atoms with Crippen molar-refractivity contribution in [1.29, 1.82) is 5.26 Å². The zero-order valence-electron chi connectivity index (χ0n) is 12.1. The summed E-state index contributed by atoms with van der Waals surface area (Å²) in [5.41, 5.74) is 2.56. The van der Waals surface area contributed by atoms with E-state index < -0.39 is 0 Å². The van der Waals surface area contributed by atoms with E-state index in [1.807, 2.05) is 19.9 Å². The van der Waals surface area contributed by atoms with E-state index in [4.69, 9.17) is 0 Å². The van der Waals surface area contributed by atoms with E-state index >= 15 is 0 Å². The van der Waals surface area contributed by atoms with Crippen LogP contribution >= 0.6 is 11.3 Å². The van der Waals surface area contributed by atoms with Gasteiger partial charge in [-0.05, 0) is 43.3 Å². The van der Waals surface area contributed by atoms with Crippen molar-refractivity contribution in [3.05, 3.63) is 45.3 Å². The molecule has 4 heteroatoms. The van der Waals surface area contributed by atoms with E-state index in [1.54, 1.807) is 11.3 Å². The van der Waals surface area contributed by atoms with E-state index in [0.29, 0.717) is 11.4 Å². The number of aromatic nitrogens is 1. The lowest BCUT2D eigenvalue weighted by Crippen LogP contribution is -2.12. The van der Waals surface area contributed by atoms with Gasteiger partial charge in [-0.3, -0.25) is 0 Å². The van der Waals surface area contributed by atoms with Crippen LogP contribution in [0.2, 0.25) is 0 Å². The van der Waals surface area contributed by atoms with Gasteiger partial charge in [-0.25, -0.2) is 4.98 Å². The number of anilines is 1. The van der Waals surface area contributed by atoms with E-state index in [2.05, 4.69) is 40.8 Å². The zero-order valence-corrected chi connectivity index (χ0v) is 12.9.